The molecule has 5 nitrogen and oxygen atoms in total. The van der Waals surface area contributed by atoms with E-state index < -0.39 is 0 Å². The van der Waals surface area contributed by atoms with Gasteiger partial charge >= 0.3 is 0 Å². The normalized spacial score (nSPS) is 19.1. The van der Waals surface area contributed by atoms with Crippen molar-refractivity contribution >= 4 is 35.2 Å². The number of hydrogen-bond acceptors (Lipinski definition) is 4. The van der Waals surface area contributed by atoms with E-state index in [2.05, 4.69) is 28.5 Å². The van der Waals surface area contributed by atoms with E-state index in [4.69, 9.17) is 28.6 Å². The Morgan fingerprint density at radius 1 is 1.44 bits per heavy atom. The maximum Gasteiger partial charge on any atom is 0.221 e. The Kier molecular flexibility index (Phi) is 5.36. The molecule has 27 heavy (non-hydrogen) atoms. The molecule has 0 bridgehead atoms. The quantitative estimate of drug-likeness (QED) is 0.614. The van der Waals surface area contributed by atoms with Crippen molar-refractivity contribution in [2.24, 2.45) is 0 Å². The lowest BCUT2D eigenvalue weighted by Gasteiger charge is -2.32. The van der Waals surface area contributed by atoms with Crippen LogP contribution in [0.1, 0.15) is 29.8 Å². The molecule has 0 amide bonds. The Morgan fingerprint density at radius 3 is 3.07 bits per heavy atom. The number of hydrogen-bond donors (Lipinski definition) is 2. The third kappa shape index (κ3) is 3.57. The first-order chi connectivity index (χ1) is 13.1. The molecule has 0 spiro atoms. The molecule has 0 aliphatic carbocycles. The number of quaternary nitrogens is 1. The number of H-pyrrole nitrogens is 1. The highest BCUT2D eigenvalue weighted by Crippen LogP contribution is 2.30. The summed E-state index contributed by atoms with van der Waals surface area (Å²) in [6.45, 7) is 4.12. The highest BCUT2D eigenvalue weighted by molar-refractivity contribution is 7.71. The molecule has 0 saturated carbocycles. The average Bonchev–Trinajstić information content (AvgIpc) is 3.28. The van der Waals surface area contributed by atoms with Gasteiger partial charge in [-0.3, -0.25) is 5.10 Å². The SMILES string of the molecule is CC[C@H]1c2ccsc2CC[NH+]1Cn1[nH]c(-c2cc(Cl)ccc2OC)nc1=S. The van der Waals surface area contributed by atoms with E-state index in [1.54, 1.807) is 13.2 Å². The van der Waals surface area contributed by atoms with E-state index in [-0.39, 0.29) is 0 Å². The van der Waals surface area contributed by atoms with Crippen LogP contribution in [0.25, 0.3) is 11.4 Å². The Morgan fingerprint density at radius 2 is 2.30 bits per heavy atom. The van der Waals surface area contributed by atoms with Gasteiger partial charge in [-0.25, -0.2) is 4.68 Å². The summed E-state index contributed by atoms with van der Waals surface area (Å²) in [5.41, 5.74) is 2.31. The lowest BCUT2D eigenvalue weighted by molar-refractivity contribution is -0.956. The maximum atomic E-state index is 6.17. The molecule has 0 radical (unpaired) electrons. The average molecular weight is 422 g/mol. The maximum absolute atomic E-state index is 6.17. The predicted molar refractivity (Wildman–Crippen MR) is 111 cm³/mol. The number of aromatic amines is 1. The van der Waals surface area contributed by atoms with Crippen molar-refractivity contribution in [2.45, 2.75) is 32.5 Å². The zero-order chi connectivity index (χ0) is 19.0. The van der Waals surface area contributed by atoms with E-state index in [1.165, 1.54) is 15.3 Å². The van der Waals surface area contributed by atoms with Gasteiger partial charge in [0, 0.05) is 28.3 Å². The minimum absolute atomic E-state index is 0.495. The molecule has 0 fully saturated rings. The molecule has 3 heterocycles. The number of benzene rings is 1. The van der Waals surface area contributed by atoms with Crippen LogP contribution in [0.4, 0.5) is 0 Å². The number of nitrogens with one attached hydrogen (secondary N) is 2. The Bertz CT molecular complexity index is 1010. The number of halogens is 1. The highest BCUT2D eigenvalue weighted by Gasteiger charge is 2.31. The first-order valence-corrected chi connectivity index (χ1v) is 10.7. The fraction of sp³-hybridized carbons (Fsp3) is 0.368. The van der Waals surface area contributed by atoms with Gasteiger partial charge in [-0.15, -0.1) is 11.3 Å². The topological polar surface area (TPSA) is 47.3 Å². The number of ether oxygens (including phenoxy) is 1. The standard InChI is InChI=1S/C19H21ClN4OS2/c1-3-15-13-7-9-27-17(13)6-8-23(15)11-24-19(26)21-18(22-24)14-10-12(20)4-5-16(14)25-2/h4-5,7,9-10,15H,3,6,8,11H2,1-2H3,(H,21,22,26)/p+1/t15-/m0/s1. The smallest absolute Gasteiger partial charge is 0.221 e. The van der Waals surface area contributed by atoms with Crippen LogP contribution in [0.15, 0.2) is 29.6 Å². The summed E-state index contributed by atoms with van der Waals surface area (Å²) < 4.78 is 7.96. The molecular formula is C19H22ClN4OS2+. The molecule has 1 aliphatic heterocycles. The largest absolute Gasteiger partial charge is 0.496 e. The Balaban J connectivity index is 1.63. The summed E-state index contributed by atoms with van der Waals surface area (Å²) in [7, 11) is 1.64. The van der Waals surface area contributed by atoms with Gasteiger partial charge in [0.05, 0.1) is 19.2 Å². The van der Waals surface area contributed by atoms with Crippen LogP contribution in [0.5, 0.6) is 5.75 Å². The van der Waals surface area contributed by atoms with E-state index in [0.717, 1.165) is 37.4 Å². The van der Waals surface area contributed by atoms with Gasteiger partial charge in [0.25, 0.3) is 0 Å². The number of methoxy groups -OCH3 is 1. The van der Waals surface area contributed by atoms with Gasteiger partial charge in [0.1, 0.15) is 11.8 Å². The van der Waals surface area contributed by atoms with Crippen molar-refractivity contribution in [2.75, 3.05) is 13.7 Å². The van der Waals surface area contributed by atoms with Gasteiger partial charge in [-0.05, 0) is 41.9 Å². The highest BCUT2D eigenvalue weighted by atomic mass is 35.5. The first-order valence-electron chi connectivity index (χ1n) is 9.02. The molecule has 1 aliphatic rings. The van der Waals surface area contributed by atoms with Crippen molar-refractivity contribution in [3.63, 3.8) is 0 Å². The second kappa shape index (κ2) is 7.75. The Hall–Kier alpha value is -1.67. The second-order valence-electron chi connectivity index (χ2n) is 6.70. The number of thiophene rings is 1. The van der Waals surface area contributed by atoms with Crippen LogP contribution in [0.3, 0.4) is 0 Å². The van der Waals surface area contributed by atoms with Gasteiger partial charge in [0.2, 0.25) is 4.77 Å². The minimum atomic E-state index is 0.495. The third-order valence-corrected chi connectivity index (χ3v) is 6.73. The van der Waals surface area contributed by atoms with E-state index >= 15 is 0 Å². The zero-order valence-electron chi connectivity index (χ0n) is 15.3. The Labute approximate surface area is 172 Å². The van der Waals surface area contributed by atoms with Crippen molar-refractivity contribution in [1.29, 1.82) is 0 Å². The molecule has 2 aromatic heterocycles. The van der Waals surface area contributed by atoms with E-state index in [1.807, 2.05) is 28.2 Å². The van der Waals surface area contributed by atoms with Crippen LogP contribution in [-0.2, 0) is 13.1 Å². The molecule has 2 N–H and O–H groups in total. The van der Waals surface area contributed by atoms with Crippen molar-refractivity contribution in [3.8, 4) is 17.1 Å². The summed E-state index contributed by atoms with van der Waals surface area (Å²) in [6.07, 6.45) is 2.23. The third-order valence-electron chi connectivity index (χ3n) is 5.19. The number of rotatable bonds is 5. The summed E-state index contributed by atoms with van der Waals surface area (Å²) >= 11 is 13.6. The van der Waals surface area contributed by atoms with Crippen molar-refractivity contribution < 1.29 is 9.64 Å². The van der Waals surface area contributed by atoms with Crippen LogP contribution in [0, 0.1) is 4.77 Å². The monoisotopic (exact) mass is 421 g/mol. The van der Waals surface area contributed by atoms with E-state index in [9.17, 15) is 0 Å². The number of aromatic nitrogens is 3. The molecule has 2 atom stereocenters. The molecule has 4 rings (SSSR count). The number of fused-ring (bicyclic) bond motifs is 1. The molecule has 1 aromatic carbocycles. The van der Waals surface area contributed by atoms with E-state index in [0.29, 0.717) is 21.7 Å². The van der Waals surface area contributed by atoms with Gasteiger partial charge in [0.15, 0.2) is 12.5 Å². The summed E-state index contributed by atoms with van der Waals surface area (Å²) in [5.74, 6) is 1.40. The first kappa shape index (κ1) is 18.7. The van der Waals surface area contributed by atoms with Crippen LogP contribution in [0.2, 0.25) is 5.02 Å². The van der Waals surface area contributed by atoms with Gasteiger partial charge in [-0.1, -0.05) is 18.5 Å². The van der Waals surface area contributed by atoms with Crippen molar-refractivity contribution in [3.05, 3.63) is 49.9 Å². The summed E-state index contributed by atoms with van der Waals surface area (Å²) in [4.78, 5) is 7.59. The lowest BCUT2D eigenvalue weighted by Crippen LogP contribution is -3.12. The van der Waals surface area contributed by atoms with Crippen LogP contribution in [-0.4, -0.2) is 28.4 Å². The van der Waals surface area contributed by atoms with Crippen molar-refractivity contribution in [1.82, 2.24) is 14.8 Å². The molecular weight excluding hydrogens is 400 g/mol. The molecule has 1 unspecified atom stereocenters. The molecule has 3 aromatic rings. The fourth-order valence-electron chi connectivity index (χ4n) is 3.88. The second-order valence-corrected chi connectivity index (χ2v) is 8.51. The number of nitrogens with zero attached hydrogens (tertiary/aromatic N) is 2. The van der Waals surface area contributed by atoms with Crippen LogP contribution < -0.4 is 9.64 Å². The van der Waals surface area contributed by atoms with Gasteiger partial charge < -0.3 is 9.64 Å². The summed E-state index contributed by atoms with van der Waals surface area (Å²) in [5, 5.41) is 6.20. The fourth-order valence-corrected chi connectivity index (χ4v) is 5.20. The van der Waals surface area contributed by atoms with Crippen LogP contribution >= 0.6 is 35.2 Å². The summed E-state index contributed by atoms with van der Waals surface area (Å²) in [6, 6.07) is 8.27. The predicted octanol–water partition coefficient (Wildman–Crippen LogP) is 3.88. The lowest BCUT2D eigenvalue weighted by atomic mass is 9.98. The zero-order valence-corrected chi connectivity index (χ0v) is 17.7. The van der Waals surface area contributed by atoms with Gasteiger partial charge in [-0.2, -0.15) is 4.98 Å². The molecule has 8 heteroatoms. The minimum Gasteiger partial charge on any atom is -0.496 e. The molecule has 0 saturated heterocycles. The molecule has 142 valence electrons.